The average Bonchev–Trinajstić information content (AvgIpc) is 3.65. The monoisotopic (exact) mass is 654 g/mol. The molecule has 0 amide bonds. The second kappa shape index (κ2) is 10.8. The fraction of sp³-hybridized carbons (Fsp3) is 0.694. The van der Waals surface area contributed by atoms with Gasteiger partial charge in [0.2, 0.25) is 11.4 Å². The number of furan rings is 1. The molecular formula is C36H46O11. The predicted molar refractivity (Wildman–Crippen MR) is 164 cm³/mol. The Bertz CT molecular complexity index is 1560. The van der Waals surface area contributed by atoms with Crippen LogP contribution < -0.4 is 0 Å². The van der Waals surface area contributed by atoms with Crippen molar-refractivity contribution in [3.05, 3.63) is 35.3 Å². The molecule has 2 heterocycles. The summed E-state index contributed by atoms with van der Waals surface area (Å²) >= 11 is 0. The molecule has 1 aliphatic heterocycles. The van der Waals surface area contributed by atoms with E-state index in [1.807, 2.05) is 20.8 Å². The molecule has 0 aromatic carbocycles. The van der Waals surface area contributed by atoms with Crippen LogP contribution in [0.5, 0.6) is 0 Å². The summed E-state index contributed by atoms with van der Waals surface area (Å²) < 4.78 is 29.0. The number of carbonyl (C=O) groups excluding carboxylic acids is 5. The van der Waals surface area contributed by atoms with Crippen molar-refractivity contribution in [3.8, 4) is 0 Å². The van der Waals surface area contributed by atoms with Crippen LogP contribution in [0.25, 0.3) is 0 Å². The number of esters is 4. The highest BCUT2D eigenvalue weighted by Crippen LogP contribution is 2.81. The van der Waals surface area contributed by atoms with Crippen molar-refractivity contribution >= 4 is 29.7 Å². The van der Waals surface area contributed by atoms with Gasteiger partial charge in [0, 0.05) is 28.2 Å². The van der Waals surface area contributed by atoms with E-state index in [0.717, 1.165) is 0 Å². The number of carbonyl (C=O) groups is 5. The number of ether oxygens (including phenoxy) is 4. The van der Waals surface area contributed by atoms with Crippen molar-refractivity contribution in [3.63, 3.8) is 0 Å². The number of aliphatic hydroxyl groups is 1. The van der Waals surface area contributed by atoms with Crippen molar-refractivity contribution < 1.29 is 52.4 Å². The number of fused-ring (bicyclic) bond motifs is 5. The van der Waals surface area contributed by atoms with Crippen molar-refractivity contribution in [1.29, 1.82) is 0 Å². The molecule has 1 aromatic rings. The molecule has 0 radical (unpaired) electrons. The normalized spacial score (nSPS) is 40.8. The molecule has 11 heteroatoms. The van der Waals surface area contributed by atoms with Crippen LogP contribution in [0.2, 0.25) is 0 Å². The maximum absolute atomic E-state index is 15.5. The molecule has 3 saturated carbocycles. The van der Waals surface area contributed by atoms with Crippen molar-refractivity contribution in [2.24, 2.45) is 39.9 Å². The molecule has 0 spiro atoms. The summed E-state index contributed by atoms with van der Waals surface area (Å²) in [6, 6.07) is 1.73. The molecule has 1 N–H and O–H groups in total. The average molecular weight is 655 g/mol. The smallest absolute Gasteiger partial charge is 0.310 e. The third kappa shape index (κ3) is 4.10. The molecule has 256 valence electrons. The molecule has 5 aliphatic rings. The van der Waals surface area contributed by atoms with E-state index in [4.69, 9.17) is 23.4 Å². The zero-order valence-electron chi connectivity index (χ0n) is 28.5. The van der Waals surface area contributed by atoms with Crippen LogP contribution >= 0.6 is 0 Å². The lowest BCUT2D eigenvalue weighted by atomic mass is 9.53. The zero-order chi connectivity index (χ0) is 34.5. The first-order valence-corrected chi connectivity index (χ1v) is 16.7. The van der Waals surface area contributed by atoms with Crippen LogP contribution in [-0.4, -0.2) is 59.2 Å². The molecule has 10 atom stereocenters. The molecule has 47 heavy (non-hydrogen) atoms. The summed E-state index contributed by atoms with van der Waals surface area (Å²) in [4.78, 5) is 69.2. The topological polar surface area (TPSA) is 156 Å². The van der Waals surface area contributed by atoms with E-state index in [1.165, 1.54) is 19.6 Å². The minimum Gasteiger partial charge on any atom is -0.472 e. The Kier molecular flexibility index (Phi) is 7.66. The Morgan fingerprint density at radius 2 is 1.81 bits per heavy atom. The molecule has 11 nitrogen and oxygen atoms in total. The van der Waals surface area contributed by atoms with Gasteiger partial charge in [-0.3, -0.25) is 24.0 Å². The van der Waals surface area contributed by atoms with Gasteiger partial charge in [0.15, 0.2) is 6.10 Å². The number of ketones is 1. The summed E-state index contributed by atoms with van der Waals surface area (Å²) in [6.07, 6.45) is 1.72. The molecule has 0 unspecified atom stereocenters. The standard InChI is InChI=1S/C36H46O11/c1-9-19(4)31(41)47-36-26-21(10-12-32(5)22(26)14-25(38)45-28(32)20-11-13-44-16-20)34(7)23(15-24(37)43-8)33(6,17-35(34,36)42)29(27(36)39)46-30(40)18(2)3/h11,13,16,18-19,21,23,28-29,42H,9-10,12,14-15,17H2,1-8H3/t19-,21-,23-,28-,29+,32+,33-,34+,35+,36+/m0/s1. The van der Waals surface area contributed by atoms with Gasteiger partial charge in [-0.1, -0.05) is 48.5 Å². The highest BCUT2D eigenvalue weighted by Gasteiger charge is 2.90. The van der Waals surface area contributed by atoms with Crippen LogP contribution in [0.1, 0.15) is 98.7 Å². The van der Waals surface area contributed by atoms with Gasteiger partial charge in [0.1, 0.15) is 11.7 Å². The molecule has 1 aromatic heterocycles. The van der Waals surface area contributed by atoms with Crippen LogP contribution in [-0.2, 0) is 42.9 Å². The Hall–Kier alpha value is -3.47. The lowest BCUT2D eigenvalue weighted by molar-refractivity contribution is -0.218. The van der Waals surface area contributed by atoms with Gasteiger partial charge in [-0.05, 0) is 54.7 Å². The van der Waals surface area contributed by atoms with Crippen molar-refractivity contribution in [2.75, 3.05) is 7.11 Å². The van der Waals surface area contributed by atoms with Crippen LogP contribution in [0.4, 0.5) is 0 Å². The van der Waals surface area contributed by atoms with Crippen LogP contribution in [0, 0.1) is 39.9 Å². The second-order valence-corrected chi connectivity index (χ2v) is 15.4. The first kappa shape index (κ1) is 33.4. The quantitative estimate of drug-likeness (QED) is 0.233. The van der Waals surface area contributed by atoms with E-state index in [9.17, 15) is 24.3 Å². The highest BCUT2D eigenvalue weighted by atomic mass is 16.6. The van der Waals surface area contributed by atoms with Gasteiger partial charge < -0.3 is 28.5 Å². The van der Waals surface area contributed by atoms with E-state index in [2.05, 4.69) is 0 Å². The Morgan fingerprint density at radius 3 is 2.40 bits per heavy atom. The van der Waals surface area contributed by atoms with Crippen molar-refractivity contribution in [1.82, 2.24) is 0 Å². The minimum absolute atomic E-state index is 0.0900. The van der Waals surface area contributed by atoms with E-state index >= 15 is 4.79 Å². The van der Waals surface area contributed by atoms with E-state index in [0.29, 0.717) is 36.0 Å². The second-order valence-electron chi connectivity index (χ2n) is 15.4. The van der Waals surface area contributed by atoms with Gasteiger partial charge in [-0.25, -0.2) is 0 Å². The maximum Gasteiger partial charge on any atom is 0.310 e. The third-order valence-corrected chi connectivity index (χ3v) is 12.8. The van der Waals surface area contributed by atoms with Crippen molar-refractivity contribution in [2.45, 2.75) is 110 Å². The fourth-order valence-corrected chi connectivity index (χ4v) is 10.1. The lowest BCUT2D eigenvalue weighted by Crippen LogP contribution is -2.70. The van der Waals surface area contributed by atoms with Crippen LogP contribution in [0.15, 0.2) is 34.2 Å². The number of methoxy groups -OCH3 is 1. The van der Waals surface area contributed by atoms with E-state index < -0.39 is 93.0 Å². The first-order valence-electron chi connectivity index (χ1n) is 16.7. The molecule has 4 aliphatic carbocycles. The summed E-state index contributed by atoms with van der Waals surface area (Å²) in [5.41, 5.74) is -5.98. The lowest BCUT2D eigenvalue weighted by Gasteiger charge is -2.54. The molecule has 4 fully saturated rings. The van der Waals surface area contributed by atoms with Gasteiger partial charge in [0.05, 0.1) is 37.9 Å². The van der Waals surface area contributed by atoms with Crippen LogP contribution in [0.3, 0.4) is 0 Å². The minimum atomic E-state index is -2.28. The zero-order valence-corrected chi connectivity index (χ0v) is 28.5. The van der Waals surface area contributed by atoms with Gasteiger partial charge >= 0.3 is 23.9 Å². The Labute approximate surface area is 274 Å². The SMILES string of the molecule is CC[C@H](C)C(=O)O[C@]12C(=O)[C@@H](OC(=O)C(C)C)[C@@]3(C)C[C@@]1(O)[C@](C)([C@H]1CC[C@]4(C)C(=C12)CC(=O)O[C@H]4c1ccoc1)[C@H]3CC(=O)OC. The Morgan fingerprint density at radius 1 is 1.11 bits per heavy atom. The van der Waals surface area contributed by atoms with E-state index in [1.54, 1.807) is 33.8 Å². The Balaban J connectivity index is 1.69. The molecule has 2 bridgehead atoms. The molecule has 1 saturated heterocycles. The fourth-order valence-electron chi connectivity index (χ4n) is 10.1. The molecular weight excluding hydrogens is 608 g/mol. The number of Topliss-reactive ketones (excluding diaryl/α,β-unsaturated/α-hetero) is 1. The largest absolute Gasteiger partial charge is 0.472 e. The predicted octanol–water partition coefficient (Wildman–Crippen LogP) is 4.80. The first-order chi connectivity index (χ1) is 22.0. The van der Waals surface area contributed by atoms with E-state index in [-0.39, 0.29) is 19.3 Å². The number of hydrogen-bond donors (Lipinski definition) is 1. The van der Waals surface area contributed by atoms with Gasteiger partial charge in [-0.15, -0.1) is 0 Å². The highest BCUT2D eigenvalue weighted by molar-refractivity contribution is 6.03. The summed E-state index contributed by atoms with van der Waals surface area (Å²) in [6.45, 7) is 12.4. The summed E-state index contributed by atoms with van der Waals surface area (Å²) in [5.74, 6) is -5.63. The number of rotatable bonds is 8. The number of hydrogen-bond acceptors (Lipinski definition) is 11. The molecule has 6 rings (SSSR count). The third-order valence-electron chi connectivity index (χ3n) is 12.8. The number of cyclic esters (lactones) is 1. The van der Waals surface area contributed by atoms with Gasteiger partial charge in [-0.2, -0.15) is 0 Å². The van der Waals surface area contributed by atoms with Gasteiger partial charge in [0.25, 0.3) is 0 Å². The summed E-state index contributed by atoms with van der Waals surface area (Å²) in [5, 5.41) is 13.4. The summed E-state index contributed by atoms with van der Waals surface area (Å²) in [7, 11) is 1.28. The maximum atomic E-state index is 15.5.